The molecule has 0 aliphatic rings. The lowest BCUT2D eigenvalue weighted by Gasteiger charge is -2.11. The van der Waals surface area contributed by atoms with Crippen LogP contribution in [0, 0.1) is 13.8 Å². The van der Waals surface area contributed by atoms with Gasteiger partial charge in [-0.15, -0.1) is 0 Å². The lowest BCUT2D eigenvalue weighted by Crippen LogP contribution is -2.27. The van der Waals surface area contributed by atoms with Crippen LogP contribution in [0.25, 0.3) is 5.69 Å². The molecule has 1 aromatic carbocycles. The summed E-state index contributed by atoms with van der Waals surface area (Å²) in [6, 6.07) is 9.51. The molecule has 6 heteroatoms. The minimum Gasteiger partial charge on any atom is -0.497 e. The summed E-state index contributed by atoms with van der Waals surface area (Å²) in [4.78, 5) is 24.0. The molecule has 26 heavy (non-hydrogen) atoms. The van der Waals surface area contributed by atoms with Crippen LogP contribution < -0.4 is 10.1 Å². The number of ether oxygens (including phenoxy) is 2. The first-order chi connectivity index (χ1) is 12.3. The van der Waals surface area contributed by atoms with E-state index < -0.39 is 0 Å². The number of carbonyl (C=O) groups excluding carboxylic acids is 2. The van der Waals surface area contributed by atoms with Gasteiger partial charge in [-0.2, -0.15) is 0 Å². The Bertz CT molecular complexity index is 776. The van der Waals surface area contributed by atoms with Crippen LogP contribution in [0.5, 0.6) is 5.75 Å². The summed E-state index contributed by atoms with van der Waals surface area (Å²) in [6.07, 6.45) is 0.00263. The molecule has 0 spiro atoms. The zero-order valence-electron chi connectivity index (χ0n) is 16.0. The van der Waals surface area contributed by atoms with Gasteiger partial charge in [0.1, 0.15) is 5.75 Å². The molecule has 0 atom stereocenters. The Hall–Kier alpha value is -2.76. The number of carbonyl (C=O) groups is 2. The highest BCUT2D eigenvalue weighted by atomic mass is 16.5. The molecule has 2 rings (SSSR count). The predicted octanol–water partition coefficient (Wildman–Crippen LogP) is 3.17. The second-order valence-electron chi connectivity index (χ2n) is 6.36. The van der Waals surface area contributed by atoms with E-state index in [4.69, 9.17) is 9.47 Å². The Morgan fingerprint density at radius 2 is 1.81 bits per heavy atom. The first kappa shape index (κ1) is 19.6. The average Bonchev–Trinajstić information content (AvgIpc) is 2.89. The third-order valence-corrected chi connectivity index (χ3v) is 3.99. The highest BCUT2D eigenvalue weighted by Crippen LogP contribution is 2.22. The molecule has 1 N–H and O–H groups in total. The van der Waals surface area contributed by atoms with Crippen LogP contribution in [0.2, 0.25) is 0 Å². The number of aryl methyl sites for hydroxylation is 1. The van der Waals surface area contributed by atoms with E-state index in [1.165, 1.54) is 0 Å². The Morgan fingerprint density at radius 3 is 2.38 bits per heavy atom. The average molecular weight is 358 g/mol. The second kappa shape index (κ2) is 8.56. The number of benzene rings is 1. The summed E-state index contributed by atoms with van der Waals surface area (Å²) in [7, 11) is 1.63. The number of aromatic nitrogens is 1. The quantitative estimate of drug-likeness (QED) is 0.772. The van der Waals surface area contributed by atoms with Gasteiger partial charge < -0.3 is 19.4 Å². The van der Waals surface area contributed by atoms with Crippen molar-refractivity contribution < 1.29 is 19.1 Å². The van der Waals surface area contributed by atoms with Crippen molar-refractivity contribution in [1.29, 1.82) is 0 Å². The molecule has 140 valence electrons. The molecule has 0 fully saturated rings. The SMILES string of the molecule is COc1ccc(-n2c(C)cc(C(=O)NCCC(=O)OC(C)C)c2C)cc1. The van der Waals surface area contributed by atoms with Crippen molar-refractivity contribution in [2.75, 3.05) is 13.7 Å². The maximum atomic E-state index is 12.5. The standard InChI is InChI=1S/C20H26N2O4/c1-13(2)26-19(23)10-11-21-20(24)18-12-14(3)22(15(18)4)16-6-8-17(25-5)9-7-16/h6-9,12-13H,10-11H2,1-5H3,(H,21,24). The summed E-state index contributed by atoms with van der Waals surface area (Å²) in [6.45, 7) is 7.69. The maximum absolute atomic E-state index is 12.5. The van der Waals surface area contributed by atoms with Crippen LogP contribution in [0.1, 0.15) is 42.0 Å². The molecule has 1 aromatic heterocycles. The summed E-state index contributed by atoms with van der Waals surface area (Å²) < 4.78 is 12.3. The highest BCUT2D eigenvalue weighted by molar-refractivity contribution is 5.96. The third-order valence-electron chi connectivity index (χ3n) is 3.99. The highest BCUT2D eigenvalue weighted by Gasteiger charge is 2.17. The van der Waals surface area contributed by atoms with Crippen molar-refractivity contribution in [1.82, 2.24) is 9.88 Å². The third kappa shape index (κ3) is 4.65. The summed E-state index contributed by atoms with van der Waals surface area (Å²) >= 11 is 0. The Labute approximate surface area is 154 Å². The molecule has 0 unspecified atom stereocenters. The number of hydrogen-bond donors (Lipinski definition) is 1. The maximum Gasteiger partial charge on any atom is 0.307 e. The zero-order chi connectivity index (χ0) is 19.3. The number of methoxy groups -OCH3 is 1. The van der Waals surface area contributed by atoms with Gasteiger partial charge in [0.15, 0.2) is 0 Å². The number of hydrogen-bond acceptors (Lipinski definition) is 4. The molecule has 0 aliphatic heterocycles. The molecule has 0 radical (unpaired) electrons. The van der Waals surface area contributed by atoms with Gasteiger partial charge >= 0.3 is 5.97 Å². The molecule has 0 saturated carbocycles. The minimum atomic E-state index is -0.316. The molecular formula is C20H26N2O4. The van der Waals surface area contributed by atoms with E-state index in [1.807, 2.05) is 48.7 Å². The van der Waals surface area contributed by atoms with Gasteiger partial charge in [-0.3, -0.25) is 9.59 Å². The van der Waals surface area contributed by atoms with Crippen molar-refractivity contribution in [3.63, 3.8) is 0 Å². The minimum absolute atomic E-state index is 0.151. The van der Waals surface area contributed by atoms with Crippen LogP contribution in [0.3, 0.4) is 0 Å². The largest absolute Gasteiger partial charge is 0.497 e. The van der Waals surface area contributed by atoms with Crippen LogP contribution in [0.4, 0.5) is 0 Å². The number of esters is 1. The van der Waals surface area contributed by atoms with Crippen molar-refractivity contribution >= 4 is 11.9 Å². The fourth-order valence-electron chi connectivity index (χ4n) is 2.82. The molecule has 6 nitrogen and oxygen atoms in total. The number of nitrogens with zero attached hydrogens (tertiary/aromatic N) is 1. The zero-order valence-corrected chi connectivity index (χ0v) is 16.0. The Kier molecular flexibility index (Phi) is 6.44. The number of nitrogens with one attached hydrogen (secondary N) is 1. The summed E-state index contributed by atoms with van der Waals surface area (Å²) in [5, 5.41) is 2.78. The van der Waals surface area contributed by atoms with E-state index in [0.717, 1.165) is 22.8 Å². The lowest BCUT2D eigenvalue weighted by atomic mass is 10.2. The Morgan fingerprint density at radius 1 is 1.15 bits per heavy atom. The van der Waals surface area contributed by atoms with Gasteiger partial charge in [0.2, 0.25) is 0 Å². The van der Waals surface area contributed by atoms with Gasteiger partial charge in [0, 0.05) is 23.6 Å². The number of amides is 1. The van der Waals surface area contributed by atoms with Crippen molar-refractivity contribution in [2.45, 2.75) is 40.2 Å². The molecule has 0 saturated heterocycles. The van der Waals surface area contributed by atoms with E-state index in [1.54, 1.807) is 21.0 Å². The van der Waals surface area contributed by atoms with Crippen LogP contribution in [-0.4, -0.2) is 36.2 Å². The van der Waals surface area contributed by atoms with E-state index >= 15 is 0 Å². The Balaban J connectivity index is 2.08. The van der Waals surface area contributed by atoms with Gasteiger partial charge in [-0.25, -0.2) is 0 Å². The molecule has 1 amide bonds. The number of rotatable bonds is 7. The van der Waals surface area contributed by atoms with E-state index in [9.17, 15) is 9.59 Å². The van der Waals surface area contributed by atoms with Gasteiger partial charge in [-0.05, 0) is 58.0 Å². The first-order valence-electron chi connectivity index (χ1n) is 8.64. The predicted molar refractivity (Wildman–Crippen MR) is 100.0 cm³/mol. The van der Waals surface area contributed by atoms with Crippen LogP contribution in [0.15, 0.2) is 30.3 Å². The van der Waals surface area contributed by atoms with E-state index in [-0.39, 0.29) is 30.9 Å². The molecule has 0 aliphatic carbocycles. The van der Waals surface area contributed by atoms with Crippen molar-refractivity contribution in [3.05, 3.63) is 47.3 Å². The van der Waals surface area contributed by atoms with E-state index in [0.29, 0.717) is 5.56 Å². The van der Waals surface area contributed by atoms with Crippen molar-refractivity contribution in [2.24, 2.45) is 0 Å². The lowest BCUT2D eigenvalue weighted by molar-refractivity contribution is -0.147. The van der Waals surface area contributed by atoms with Gasteiger partial charge in [0.25, 0.3) is 5.91 Å². The summed E-state index contributed by atoms with van der Waals surface area (Å²) in [5.41, 5.74) is 3.35. The first-order valence-corrected chi connectivity index (χ1v) is 8.64. The van der Waals surface area contributed by atoms with E-state index in [2.05, 4.69) is 5.32 Å². The second-order valence-corrected chi connectivity index (χ2v) is 6.36. The van der Waals surface area contributed by atoms with Gasteiger partial charge in [0.05, 0.1) is 25.2 Å². The fraction of sp³-hybridized carbons (Fsp3) is 0.400. The molecule has 1 heterocycles. The normalized spacial score (nSPS) is 10.7. The smallest absolute Gasteiger partial charge is 0.307 e. The molecular weight excluding hydrogens is 332 g/mol. The topological polar surface area (TPSA) is 69.6 Å². The molecule has 0 bridgehead atoms. The monoisotopic (exact) mass is 358 g/mol. The fourth-order valence-corrected chi connectivity index (χ4v) is 2.82. The molecule has 2 aromatic rings. The van der Waals surface area contributed by atoms with Crippen molar-refractivity contribution in [3.8, 4) is 11.4 Å². The van der Waals surface area contributed by atoms with Gasteiger partial charge in [-0.1, -0.05) is 0 Å². The summed E-state index contributed by atoms with van der Waals surface area (Å²) in [5.74, 6) is 0.265. The van der Waals surface area contributed by atoms with Crippen LogP contribution >= 0.6 is 0 Å². The van der Waals surface area contributed by atoms with Crippen LogP contribution in [-0.2, 0) is 9.53 Å².